The first kappa shape index (κ1) is 9.20. The maximum Gasteiger partial charge on any atom is 0.152 e. The Balaban J connectivity index is 2.30. The van der Waals surface area contributed by atoms with Crippen LogP contribution in [-0.2, 0) is 9.53 Å². The van der Waals surface area contributed by atoms with E-state index in [1.54, 1.807) is 7.11 Å². The highest BCUT2D eigenvalue weighted by atomic mass is 16.5. The molecule has 2 aliphatic carbocycles. The lowest BCUT2D eigenvalue weighted by Gasteiger charge is -2.38. The van der Waals surface area contributed by atoms with Crippen molar-refractivity contribution in [1.29, 1.82) is 0 Å². The van der Waals surface area contributed by atoms with Gasteiger partial charge in [-0.3, -0.25) is 0 Å². The number of methoxy groups -OCH3 is 1. The van der Waals surface area contributed by atoms with E-state index in [1.807, 2.05) is 0 Å². The summed E-state index contributed by atoms with van der Waals surface area (Å²) in [5.74, 6) is 0. The predicted molar refractivity (Wildman–Crippen MR) is 50.6 cm³/mol. The summed E-state index contributed by atoms with van der Waals surface area (Å²) in [6.45, 7) is 0. The average molecular weight is 182 g/mol. The molecule has 2 heteroatoms. The lowest BCUT2D eigenvalue weighted by molar-refractivity contribution is -0.142. The van der Waals surface area contributed by atoms with E-state index in [2.05, 4.69) is 0 Å². The minimum atomic E-state index is -0.427. The van der Waals surface area contributed by atoms with Crippen molar-refractivity contribution in [2.75, 3.05) is 7.11 Å². The highest BCUT2D eigenvalue weighted by Crippen LogP contribution is 2.56. The molecule has 13 heavy (non-hydrogen) atoms. The van der Waals surface area contributed by atoms with Crippen molar-refractivity contribution < 1.29 is 9.53 Å². The molecular weight excluding hydrogens is 164 g/mol. The Kier molecular flexibility index (Phi) is 2.18. The molecule has 2 nitrogen and oxygen atoms in total. The van der Waals surface area contributed by atoms with Gasteiger partial charge >= 0.3 is 0 Å². The highest BCUT2D eigenvalue weighted by Gasteiger charge is 2.56. The molecule has 0 bridgehead atoms. The summed E-state index contributed by atoms with van der Waals surface area (Å²) in [6, 6.07) is 0. The van der Waals surface area contributed by atoms with Crippen LogP contribution in [0.5, 0.6) is 0 Å². The lowest BCUT2D eigenvalue weighted by atomic mass is 9.73. The van der Waals surface area contributed by atoms with Gasteiger partial charge in [0.1, 0.15) is 5.60 Å². The highest BCUT2D eigenvalue weighted by molar-refractivity contribution is 5.65. The smallest absolute Gasteiger partial charge is 0.152 e. The fraction of sp³-hybridized carbons (Fsp3) is 0.909. The largest absolute Gasteiger partial charge is 0.370 e. The Morgan fingerprint density at radius 1 is 1.08 bits per heavy atom. The normalized spacial score (nSPS) is 37.0. The second kappa shape index (κ2) is 3.09. The molecule has 0 aromatic heterocycles. The van der Waals surface area contributed by atoms with Crippen LogP contribution in [0, 0.1) is 5.41 Å². The van der Waals surface area contributed by atoms with Crippen LogP contribution in [-0.4, -0.2) is 19.0 Å². The van der Waals surface area contributed by atoms with E-state index in [9.17, 15) is 4.79 Å². The summed E-state index contributed by atoms with van der Waals surface area (Å²) < 4.78 is 5.52. The van der Waals surface area contributed by atoms with Crippen molar-refractivity contribution in [1.82, 2.24) is 0 Å². The first-order chi connectivity index (χ1) is 6.29. The Hall–Kier alpha value is -0.370. The molecule has 0 N–H and O–H groups in total. The molecule has 0 aromatic carbocycles. The quantitative estimate of drug-likeness (QED) is 0.612. The van der Waals surface area contributed by atoms with E-state index in [-0.39, 0.29) is 5.41 Å². The average Bonchev–Trinajstić information content (AvgIpc) is 2.76. The van der Waals surface area contributed by atoms with Gasteiger partial charge < -0.3 is 9.53 Å². The molecule has 0 heterocycles. The molecule has 2 rings (SSSR count). The molecule has 2 saturated carbocycles. The SMILES string of the molecule is COC1(C=O)CCCC12CCCC2. The number of carbonyl (C=O) groups excluding carboxylic acids is 1. The number of hydrogen-bond acceptors (Lipinski definition) is 2. The Morgan fingerprint density at radius 2 is 1.69 bits per heavy atom. The van der Waals surface area contributed by atoms with Gasteiger partial charge in [0.15, 0.2) is 6.29 Å². The molecule has 0 amide bonds. The monoisotopic (exact) mass is 182 g/mol. The van der Waals surface area contributed by atoms with Gasteiger partial charge in [0.2, 0.25) is 0 Å². The van der Waals surface area contributed by atoms with Gasteiger partial charge in [0.25, 0.3) is 0 Å². The van der Waals surface area contributed by atoms with Crippen molar-refractivity contribution in [2.24, 2.45) is 5.41 Å². The van der Waals surface area contributed by atoms with Crippen molar-refractivity contribution in [3.05, 3.63) is 0 Å². The van der Waals surface area contributed by atoms with E-state index in [1.165, 1.54) is 32.1 Å². The molecule has 0 radical (unpaired) electrons. The van der Waals surface area contributed by atoms with Crippen molar-refractivity contribution in [2.45, 2.75) is 50.5 Å². The maximum absolute atomic E-state index is 11.2. The third-order valence-corrected chi connectivity index (χ3v) is 4.22. The van der Waals surface area contributed by atoms with Crippen LogP contribution in [0.4, 0.5) is 0 Å². The van der Waals surface area contributed by atoms with E-state index < -0.39 is 5.60 Å². The van der Waals surface area contributed by atoms with Crippen molar-refractivity contribution in [3.63, 3.8) is 0 Å². The van der Waals surface area contributed by atoms with E-state index in [0.717, 1.165) is 19.1 Å². The molecule has 74 valence electrons. The Morgan fingerprint density at radius 3 is 2.23 bits per heavy atom. The summed E-state index contributed by atoms with van der Waals surface area (Å²) in [4.78, 5) is 11.2. The molecule has 1 spiro atoms. The second-order valence-corrected chi connectivity index (χ2v) is 4.55. The van der Waals surface area contributed by atoms with E-state index in [0.29, 0.717) is 0 Å². The first-order valence-corrected chi connectivity index (χ1v) is 5.30. The summed E-state index contributed by atoms with van der Waals surface area (Å²) in [6.07, 6.45) is 9.31. The number of hydrogen-bond donors (Lipinski definition) is 0. The zero-order chi connectivity index (χ0) is 9.36. The number of aldehydes is 1. The van der Waals surface area contributed by atoms with Gasteiger partial charge in [-0.05, 0) is 32.1 Å². The summed E-state index contributed by atoms with van der Waals surface area (Å²) >= 11 is 0. The second-order valence-electron chi connectivity index (χ2n) is 4.55. The van der Waals surface area contributed by atoms with Crippen LogP contribution in [0.1, 0.15) is 44.9 Å². The minimum absolute atomic E-state index is 0.212. The molecule has 1 atom stereocenters. The first-order valence-electron chi connectivity index (χ1n) is 5.30. The fourth-order valence-electron chi connectivity index (χ4n) is 3.44. The van der Waals surface area contributed by atoms with Crippen LogP contribution in [0.3, 0.4) is 0 Å². The summed E-state index contributed by atoms with van der Waals surface area (Å²) in [5, 5.41) is 0. The minimum Gasteiger partial charge on any atom is -0.370 e. The molecule has 0 aliphatic heterocycles. The number of carbonyl (C=O) groups is 1. The zero-order valence-electron chi connectivity index (χ0n) is 8.34. The van der Waals surface area contributed by atoms with Crippen molar-refractivity contribution in [3.8, 4) is 0 Å². The predicted octanol–water partition coefficient (Wildman–Crippen LogP) is 2.31. The Bertz CT molecular complexity index is 201. The van der Waals surface area contributed by atoms with Gasteiger partial charge in [-0.15, -0.1) is 0 Å². The number of rotatable bonds is 2. The molecule has 2 fully saturated rings. The Labute approximate surface area is 79.7 Å². The van der Waals surface area contributed by atoms with Gasteiger partial charge in [-0.1, -0.05) is 12.8 Å². The van der Waals surface area contributed by atoms with Gasteiger partial charge in [0, 0.05) is 12.5 Å². The molecule has 2 aliphatic rings. The van der Waals surface area contributed by atoms with Gasteiger partial charge in [-0.2, -0.15) is 0 Å². The summed E-state index contributed by atoms with van der Waals surface area (Å²) in [7, 11) is 1.69. The van der Waals surface area contributed by atoms with Crippen LogP contribution in [0.2, 0.25) is 0 Å². The topological polar surface area (TPSA) is 26.3 Å². The standard InChI is InChI=1S/C11H18O2/c1-13-11(9-12)8-4-7-10(11)5-2-3-6-10/h9H,2-8H2,1H3. The van der Waals surface area contributed by atoms with Crippen LogP contribution in [0.25, 0.3) is 0 Å². The summed E-state index contributed by atoms with van der Waals surface area (Å²) in [5.41, 5.74) is -0.215. The molecule has 0 aromatic rings. The van der Waals surface area contributed by atoms with E-state index >= 15 is 0 Å². The molecule has 0 saturated heterocycles. The number of ether oxygens (including phenoxy) is 1. The van der Waals surface area contributed by atoms with Gasteiger partial charge in [0.05, 0.1) is 0 Å². The van der Waals surface area contributed by atoms with Crippen LogP contribution in [0.15, 0.2) is 0 Å². The molecular formula is C11H18O2. The lowest BCUT2D eigenvalue weighted by Crippen LogP contribution is -2.45. The van der Waals surface area contributed by atoms with Crippen LogP contribution < -0.4 is 0 Å². The third-order valence-electron chi connectivity index (χ3n) is 4.22. The zero-order valence-corrected chi connectivity index (χ0v) is 8.34. The maximum atomic E-state index is 11.2. The van der Waals surface area contributed by atoms with E-state index in [4.69, 9.17) is 4.74 Å². The van der Waals surface area contributed by atoms with Crippen molar-refractivity contribution >= 4 is 6.29 Å². The third kappa shape index (κ3) is 1.08. The van der Waals surface area contributed by atoms with Crippen LogP contribution >= 0.6 is 0 Å². The fourth-order valence-corrected chi connectivity index (χ4v) is 3.44. The van der Waals surface area contributed by atoms with Gasteiger partial charge in [-0.25, -0.2) is 0 Å². The molecule has 1 unspecified atom stereocenters.